The Morgan fingerprint density at radius 2 is 2.35 bits per heavy atom. The van der Waals surface area contributed by atoms with E-state index in [0.717, 1.165) is 0 Å². The zero-order chi connectivity index (χ0) is 12.3. The molecule has 0 aromatic carbocycles. The minimum Gasteiger partial charge on any atom is -0.383 e. The van der Waals surface area contributed by atoms with Crippen LogP contribution in [0.1, 0.15) is 6.42 Å². The molecule has 1 aliphatic heterocycles. The minimum absolute atomic E-state index is 0.238. The Hall–Kier alpha value is -1.89. The van der Waals surface area contributed by atoms with Gasteiger partial charge in [0.05, 0.1) is 25.0 Å². The molecule has 0 radical (unpaired) electrons. The number of amides is 3. The van der Waals surface area contributed by atoms with Gasteiger partial charge in [0, 0.05) is 26.3 Å². The van der Waals surface area contributed by atoms with Gasteiger partial charge in [-0.25, -0.2) is 4.79 Å². The molecule has 1 aromatic rings. The second-order valence-corrected chi connectivity index (χ2v) is 3.71. The van der Waals surface area contributed by atoms with E-state index in [1.165, 1.54) is 4.90 Å². The molecule has 7 heteroatoms. The molecule has 0 spiro atoms. The van der Waals surface area contributed by atoms with Crippen LogP contribution in [-0.4, -0.2) is 42.0 Å². The van der Waals surface area contributed by atoms with E-state index in [0.29, 0.717) is 31.8 Å². The van der Waals surface area contributed by atoms with E-state index in [1.54, 1.807) is 24.2 Å². The molecule has 0 saturated carbocycles. The standard InChI is InChI=1S/C10H14N4O3/c1-17-5-4-13-7-8(6-11-13)14-3-2-9(15)12-10(14)16/h6-7H,2-5H2,1H3,(H,12,15,16). The molecule has 1 N–H and O–H groups in total. The number of carbonyl (C=O) groups excluding carboxylic acids is 2. The molecule has 17 heavy (non-hydrogen) atoms. The fourth-order valence-corrected chi connectivity index (χ4v) is 1.61. The molecule has 1 fully saturated rings. The van der Waals surface area contributed by atoms with E-state index in [9.17, 15) is 9.59 Å². The van der Waals surface area contributed by atoms with Crippen molar-refractivity contribution < 1.29 is 14.3 Å². The molecular formula is C10H14N4O3. The van der Waals surface area contributed by atoms with Crippen LogP contribution in [0, 0.1) is 0 Å². The number of ether oxygens (including phenoxy) is 1. The summed E-state index contributed by atoms with van der Waals surface area (Å²) in [6.45, 7) is 1.58. The van der Waals surface area contributed by atoms with Gasteiger partial charge in [-0.05, 0) is 0 Å². The summed E-state index contributed by atoms with van der Waals surface area (Å²) in [4.78, 5) is 24.1. The van der Waals surface area contributed by atoms with Gasteiger partial charge in [-0.1, -0.05) is 0 Å². The molecule has 92 valence electrons. The van der Waals surface area contributed by atoms with Gasteiger partial charge >= 0.3 is 6.03 Å². The molecule has 0 bridgehead atoms. The summed E-state index contributed by atoms with van der Waals surface area (Å²) < 4.78 is 6.63. The quantitative estimate of drug-likeness (QED) is 0.799. The van der Waals surface area contributed by atoms with Gasteiger partial charge < -0.3 is 4.74 Å². The first-order valence-corrected chi connectivity index (χ1v) is 5.33. The maximum Gasteiger partial charge on any atom is 0.328 e. The third kappa shape index (κ3) is 2.62. The number of urea groups is 1. The van der Waals surface area contributed by atoms with Crippen molar-refractivity contribution in [2.75, 3.05) is 25.2 Å². The Balaban J connectivity index is 2.04. The van der Waals surface area contributed by atoms with Gasteiger partial charge in [0.15, 0.2) is 0 Å². The Kier molecular flexibility index (Phi) is 3.38. The first-order chi connectivity index (χ1) is 8.20. The van der Waals surface area contributed by atoms with Gasteiger partial charge in [-0.15, -0.1) is 0 Å². The third-order valence-electron chi connectivity index (χ3n) is 2.51. The molecule has 1 aliphatic rings. The first-order valence-electron chi connectivity index (χ1n) is 5.33. The molecule has 0 aliphatic carbocycles. The highest BCUT2D eigenvalue weighted by Crippen LogP contribution is 2.15. The maximum absolute atomic E-state index is 11.6. The highest BCUT2D eigenvalue weighted by Gasteiger charge is 2.24. The van der Waals surface area contributed by atoms with Crippen molar-refractivity contribution in [2.24, 2.45) is 0 Å². The van der Waals surface area contributed by atoms with Crippen LogP contribution < -0.4 is 10.2 Å². The van der Waals surface area contributed by atoms with E-state index < -0.39 is 6.03 Å². The van der Waals surface area contributed by atoms with Crippen molar-refractivity contribution >= 4 is 17.6 Å². The lowest BCUT2D eigenvalue weighted by Crippen LogP contribution is -2.49. The van der Waals surface area contributed by atoms with Crippen LogP contribution in [0.5, 0.6) is 0 Å². The van der Waals surface area contributed by atoms with E-state index in [-0.39, 0.29) is 5.91 Å². The van der Waals surface area contributed by atoms with Crippen LogP contribution >= 0.6 is 0 Å². The maximum atomic E-state index is 11.6. The number of nitrogens with zero attached hydrogens (tertiary/aromatic N) is 3. The summed E-state index contributed by atoms with van der Waals surface area (Å²) >= 11 is 0. The largest absolute Gasteiger partial charge is 0.383 e. The van der Waals surface area contributed by atoms with Crippen LogP contribution in [0.3, 0.4) is 0 Å². The Labute approximate surface area is 98.3 Å². The van der Waals surface area contributed by atoms with Crippen molar-refractivity contribution in [3.63, 3.8) is 0 Å². The number of imide groups is 1. The average molecular weight is 238 g/mol. The van der Waals surface area contributed by atoms with Gasteiger partial charge in [0.25, 0.3) is 0 Å². The predicted molar refractivity (Wildman–Crippen MR) is 59.6 cm³/mol. The van der Waals surface area contributed by atoms with Gasteiger partial charge in [-0.2, -0.15) is 5.10 Å². The molecule has 7 nitrogen and oxygen atoms in total. The van der Waals surface area contributed by atoms with Gasteiger partial charge in [0.2, 0.25) is 5.91 Å². The summed E-state index contributed by atoms with van der Waals surface area (Å²) in [5, 5.41) is 6.38. The number of hydrogen-bond acceptors (Lipinski definition) is 4. The number of rotatable bonds is 4. The van der Waals surface area contributed by atoms with Crippen LogP contribution in [0.4, 0.5) is 10.5 Å². The second-order valence-electron chi connectivity index (χ2n) is 3.71. The first kappa shape index (κ1) is 11.6. The molecule has 0 unspecified atom stereocenters. The van der Waals surface area contributed by atoms with E-state index in [2.05, 4.69) is 10.4 Å². The number of anilines is 1. The fraction of sp³-hybridized carbons (Fsp3) is 0.500. The number of hydrogen-bond donors (Lipinski definition) is 1. The SMILES string of the molecule is COCCn1cc(N2CCC(=O)NC2=O)cn1. The van der Waals surface area contributed by atoms with Crippen molar-refractivity contribution in [1.29, 1.82) is 0 Å². The molecule has 1 aromatic heterocycles. The minimum atomic E-state index is -0.396. The number of aromatic nitrogens is 2. The van der Waals surface area contributed by atoms with E-state index >= 15 is 0 Å². The predicted octanol–water partition coefficient (Wildman–Crippen LogP) is -0.0242. The lowest BCUT2D eigenvalue weighted by Gasteiger charge is -2.24. The van der Waals surface area contributed by atoms with E-state index in [1.807, 2.05) is 0 Å². The fourth-order valence-electron chi connectivity index (χ4n) is 1.61. The summed E-state index contributed by atoms with van der Waals surface area (Å²) in [5.41, 5.74) is 0.686. The zero-order valence-corrected chi connectivity index (χ0v) is 9.55. The van der Waals surface area contributed by atoms with Crippen molar-refractivity contribution in [3.05, 3.63) is 12.4 Å². The molecular weight excluding hydrogens is 224 g/mol. The molecule has 2 heterocycles. The summed E-state index contributed by atoms with van der Waals surface area (Å²) in [6.07, 6.45) is 3.68. The molecule has 2 rings (SSSR count). The van der Waals surface area contributed by atoms with Gasteiger partial charge in [0.1, 0.15) is 0 Å². The lowest BCUT2D eigenvalue weighted by atomic mass is 10.3. The zero-order valence-electron chi connectivity index (χ0n) is 9.55. The van der Waals surface area contributed by atoms with Crippen LogP contribution in [-0.2, 0) is 16.1 Å². The Morgan fingerprint density at radius 1 is 1.53 bits per heavy atom. The highest BCUT2D eigenvalue weighted by molar-refractivity contribution is 6.05. The Morgan fingerprint density at radius 3 is 3.06 bits per heavy atom. The van der Waals surface area contributed by atoms with E-state index in [4.69, 9.17) is 4.74 Å². The molecule has 0 atom stereocenters. The Bertz CT molecular complexity index is 429. The normalized spacial score (nSPS) is 16.2. The van der Waals surface area contributed by atoms with Crippen molar-refractivity contribution in [1.82, 2.24) is 15.1 Å². The number of nitrogens with one attached hydrogen (secondary N) is 1. The lowest BCUT2D eigenvalue weighted by molar-refractivity contribution is -0.120. The number of carbonyl (C=O) groups is 2. The highest BCUT2D eigenvalue weighted by atomic mass is 16.5. The molecule has 1 saturated heterocycles. The topological polar surface area (TPSA) is 76.5 Å². The third-order valence-corrected chi connectivity index (χ3v) is 2.51. The average Bonchev–Trinajstić information content (AvgIpc) is 2.75. The second kappa shape index (κ2) is 4.96. The van der Waals surface area contributed by atoms with Crippen molar-refractivity contribution in [2.45, 2.75) is 13.0 Å². The monoisotopic (exact) mass is 238 g/mol. The smallest absolute Gasteiger partial charge is 0.328 e. The van der Waals surface area contributed by atoms with Gasteiger partial charge in [-0.3, -0.25) is 19.7 Å². The summed E-state index contributed by atoms with van der Waals surface area (Å²) in [7, 11) is 1.62. The summed E-state index contributed by atoms with van der Waals surface area (Å²) in [6, 6.07) is -0.396. The van der Waals surface area contributed by atoms with Crippen LogP contribution in [0.2, 0.25) is 0 Å². The van der Waals surface area contributed by atoms with Crippen LogP contribution in [0.15, 0.2) is 12.4 Å². The van der Waals surface area contributed by atoms with Crippen molar-refractivity contribution in [3.8, 4) is 0 Å². The molecule has 3 amide bonds. The summed E-state index contributed by atoms with van der Waals surface area (Å²) in [5.74, 6) is -0.238. The number of methoxy groups -OCH3 is 1. The van der Waals surface area contributed by atoms with Crippen LogP contribution in [0.25, 0.3) is 0 Å².